The Morgan fingerprint density at radius 3 is 2.88 bits per heavy atom. The van der Waals surface area contributed by atoms with Crippen molar-refractivity contribution in [1.29, 1.82) is 0 Å². The molecule has 3 heterocycles. The molecular weight excluding hydrogens is 348 g/mol. The Kier molecular flexibility index (Phi) is 4.77. The van der Waals surface area contributed by atoms with Gasteiger partial charge in [0.2, 0.25) is 0 Å². The van der Waals surface area contributed by atoms with Crippen LogP contribution in [0.5, 0.6) is 0 Å². The molecule has 0 aliphatic heterocycles. The highest BCUT2D eigenvalue weighted by Crippen LogP contribution is 2.22. The number of nitrogens with one attached hydrogen (secondary N) is 3. The lowest BCUT2D eigenvalue weighted by Crippen LogP contribution is -2.43. The van der Waals surface area contributed by atoms with Gasteiger partial charge in [-0.1, -0.05) is 6.07 Å². The molecule has 0 aliphatic carbocycles. The first kappa shape index (κ1) is 16.0. The molecule has 0 bridgehead atoms. The third-order valence-electron chi connectivity index (χ3n) is 3.04. The zero-order chi connectivity index (χ0) is 16.9. The summed E-state index contributed by atoms with van der Waals surface area (Å²) in [4.78, 5) is 28.7. The molecule has 0 aliphatic rings. The van der Waals surface area contributed by atoms with E-state index in [1.54, 1.807) is 22.9 Å². The van der Waals surface area contributed by atoms with Crippen LogP contribution >= 0.6 is 23.6 Å². The normalized spacial score (nSPS) is 10.3. The monoisotopic (exact) mass is 360 g/mol. The molecule has 122 valence electrons. The first-order valence-corrected chi connectivity index (χ1v) is 8.12. The van der Waals surface area contributed by atoms with E-state index in [0.29, 0.717) is 16.2 Å². The van der Waals surface area contributed by atoms with Crippen LogP contribution < -0.4 is 10.9 Å². The van der Waals surface area contributed by atoms with Crippen LogP contribution in [0.2, 0.25) is 0 Å². The van der Waals surface area contributed by atoms with Crippen molar-refractivity contribution in [3.05, 3.63) is 52.4 Å². The fraction of sp³-hybridized carbons (Fsp3) is 0.0714. The number of rotatable bonds is 4. The minimum Gasteiger partial charge on any atom is -0.290 e. The number of amides is 2. The van der Waals surface area contributed by atoms with Gasteiger partial charge in [0, 0.05) is 12.4 Å². The van der Waals surface area contributed by atoms with E-state index in [1.165, 1.54) is 17.5 Å². The highest BCUT2D eigenvalue weighted by atomic mass is 32.1. The highest BCUT2D eigenvalue weighted by Gasteiger charge is 2.14. The predicted molar refractivity (Wildman–Crippen MR) is 90.6 cm³/mol. The van der Waals surface area contributed by atoms with Gasteiger partial charge in [-0.2, -0.15) is 5.10 Å². The van der Waals surface area contributed by atoms with Crippen molar-refractivity contribution in [2.24, 2.45) is 0 Å². The van der Waals surface area contributed by atoms with Crippen LogP contribution in [-0.4, -0.2) is 31.6 Å². The van der Waals surface area contributed by atoms with E-state index in [9.17, 15) is 9.59 Å². The molecule has 3 rings (SSSR count). The third-order valence-corrected chi connectivity index (χ3v) is 4.22. The van der Waals surface area contributed by atoms with E-state index in [1.807, 2.05) is 17.5 Å². The SMILES string of the molecule is O=C(Cn1c(-c2cccs2)n[nH]c1=S)NNC(=O)c1cccnc1. The number of carbonyl (C=O) groups is 2. The van der Waals surface area contributed by atoms with E-state index >= 15 is 0 Å². The molecule has 3 N–H and O–H groups in total. The Balaban J connectivity index is 1.65. The smallest absolute Gasteiger partial charge is 0.271 e. The number of thiophene rings is 1. The summed E-state index contributed by atoms with van der Waals surface area (Å²) in [5.41, 5.74) is 5.02. The van der Waals surface area contributed by atoms with E-state index < -0.39 is 11.8 Å². The second kappa shape index (κ2) is 7.15. The molecule has 0 unspecified atom stereocenters. The molecule has 24 heavy (non-hydrogen) atoms. The van der Waals surface area contributed by atoms with Gasteiger partial charge in [-0.05, 0) is 35.8 Å². The number of aromatic nitrogens is 4. The van der Waals surface area contributed by atoms with E-state index in [-0.39, 0.29) is 6.54 Å². The van der Waals surface area contributed by atoms with Crippen molar-refractivity contribution in [3.63, 3.8) is 0 Å². The Labute approximate surface area is 145 Å². The maximum Gasteiger partial charge on any atom is 0.271 e. The van der Waals surface area contributed by atoms with E-state index in [0.717, 1.165) is 4.88 Å². The number of hydrogen-bond donors (Lipinski definition) is 3. The first-order chi connectivity index (χ1) is 11.6. The fourth-order valence-electron chi connectivity index (χ4n) is 1.94. The lowest BCUT2D eigenvalue weighted by Gasteiger charge is -2.08. The Hall–Kier alpha value is -2.85. The van der Waals surface area contributed by atoms with Gasteiger partial charge in [-0.15, -0.1) is 11.3 Å². The molecule has 0 aromatic carbocycles. The third kappa shape index (κ3) is 3.55. The van der Waals surface area contributed by atoms with Gasteiger partial charge in [0.15, 0.2) is 10.6 Å². The van der Waals surface area contributed by atoms with Crippen LogP contribution in [-0.2, 0) is 11.3 Å². The summed E-state index contributed by atoms with van der Waals surface area (Å²) in [7, 11) is 0. The van der Waals surface area contributed by atoms with Crippen LogP contribution in [0.25, 0.3) is 10.7 Å². The summed E-state index contributed by atoms with van der Waals surface area (Å²) in [5, 5.41) is 8.71. The van der Waals surface area contributed by atoms with Crippen molar-refractivity contribution in [2.45, 2.75) is 6.54 Å². The largest absolute Gasteiger partial charge is 0.290 e. The Morgan fingerprint density at radius 1 is 1.29 bits per heavy atom. The van der Waals surface area contributed by atoms with Gasteiger partial charge in [0.25, 0.3) is 11.8 Å². The quantitative estimate of drug-likeness (QED) is 0.483. The molecule has 3 aromatic heterocycles. The van der Waals surface area contributed by atoms with Gasteiger partial charge in [-0.25, -0.2) is 0 Å². The van der Waals surface area contributed by atoms with Crippen molar-refractivity contribution in [2.75, 3.05) is 0 Å². The van der Waals surface area contributed by atoms with Gasteiger partial charge >= 0.3 is 0 Å². The van der Waals surface area contributed by atoms with Crippen molar-refractivity contribution >= 4 is 35.4 Å². The summed E-state index contributed by atoms with van der Waals surface area (Å²) in [5.74, 6) is -0.308. The minimum atomic E-state index is -0.453. The van der Waals surface area contributed by atoms with Crippen LogP contribution in [0.3, 0.4) is 0 Å². The standard InChI is InChI=1S/C14H12N6O2S2/c21-11(16-18-13(22)9-3-1-5-15-7-9)8-20-12(17-19-14(20)23)10-4-2-6-24-10/h1-7H,8H2,(H,16,21)(H,18,22)(H,19,23). The number of pyridine rings is 1. The second-order valence-corrected chi connectivity index (χ2v) is 5.99. The fourth-order valence-corrected chi connectivity index (χ4v) is 2.86. The molecule has 0 atom stereocenters. The van der Waals surface area contributed by atoms with Crippen LogP contribution in [0.1, 0.15) is 10.4 Å². The lowest BCUT2D eigenvalue weighted by atomic mass is 10.3. The predicted octanol–water partition coefficient (Wildman–Crippen LogP) is 1.53. The first-order valence-electron chi connectivity index (χ1n) is 6.83. The molecular formula is C14H12N6O2S2. The maximum absolute atomic E-state index is 12.1. The number of nitrogens with zero attached hydrogens (tertiary/aromatic N) is 3. The summed E-state index contributed by atoms with van der Waals surface area (Å²) < 4.78 is 1.89. The second-order valence-electron chi connectivity index (χ2n) is 4.66. The van der Waals surface area contributed by atoms with E-state index in [2.05, 4.69) is 26.0 Å². The number of aromatic amines is 1. The molecule has 0 saturated carbocycles. The van der Waals surface area contributed by atoms with Crippen LogP contribution in [0.4, 0.5) is 0 Å². The van der Waals surface area contributed by atoms with Crippen molar-refractivity contribution < 1.29 is 9.59 Å². The molecule has 0 fully saturated rings. The molecule has 0 spiro atoms. The average molecular weight is 360 g/mol. The number of hydrogen-bond acceptors (Lipinski definition) is 6. The molecule has 2 amide bonds. The van der Waals surface area contributed by atoms with Crippen LogP contribution in [0.15, 0.2) is 42.0 Å². The Morgan fingerprint density at radius 2 is 2.17 bits per heavy atom. The maximum atomic E-state index is 12.1. The van der Waals surface area contributed by atoms with E-state index in [4.69, 9.17) is 12.2 Å². The highest BCUT2D eigenvalue weighted by molar-refractivity contribution is 7.71. The molecule has 8 nitrogen and oxygen atoms in total. The Bertz CT molecular complexity index is 901. The van der Waals surface area contributed by atoms with Crippen molar-refractivity contribution in [1.82, 2.24) is 30.6 Å². The molecule has 0 saturated heterocycles. The molecule has 10 heteroatoms. The lowest BCUT2D eigenvalue weighted by molar-refractivity contribution is -0.122. The van der Waals surface area contributed by atoms with Gasteiger partial charge in [0.05, 0.1) is 10.4 Å². The topological polar surface area (TPSA) is 105 Å². The number of hydrazine groups is 1. The minimum absolute atomic E-state index is 0.0735. The van der Waals surface area contributed by atoms with Gasteiger partial charge in [-0.3, -0.25) is 35.1 Å². The zero-order valence-corrected chi connectivity index (χ0v) is 13.9. The van der Waals surface area contributed by atoms with Crippen LogP contribution in [0, 0.1) is 4.77 Å². The van der Waals surface area contributed by atoms with Gasteiger partial charge in [0.1, 0.15) is 6.54 Å². The molecule has 3 aromatic rings. The summed E-state index contributed by atoms with van der Waals surface area (Å²) in [6, 6.07) is 6.99. The molecule has 0 radical (unpaired) electrons. The number of carbonyl (C=O) groups excluding carboxylic acids is 2. The summed E-state index contributed by atoms with van der Waals surface area (Å²) >= 11 is 6.64. The number of H-pyrrole nitrogens is 1. The van der Waals surface area contributed by atoms with Crippen molar-refractivity contribution in [3.8, 4) is 10.7 Å². The zero-order valence-electron chi connectivity index (χ0n) is 12.2. The summed E-state index contributed by atoms with van der Waals surface area (Å²) in [6.07, 6.45) is 2.96. The average Bonchev–Trinajstić information content (AvgIpc) is 3.24. The van der Waals surface area contributed by atoms with Gasteiger partial charge < -0.3 is 0 Å². The summed E-state index contributed by atoms with van der Waals surface area (Å²) in [6.45, 7) is -0.0735.